The predicted octanol–water partition coefficient (Wildman–Crippen LogP) is 3.98. The van der Waals surface area contributed by atoms with Gasteiger partial charge < -0.3 is 10.3 Å². The van der Waals surface area contributed by atoms with Crippen LogP contribution in [-0.4, -0.2) is 20.7 Å². The average molecular weight is 338 g/mol. The minimum Gasteiger partial charge on any atom is -0.361 e. The number of aromatic amines is 1. The average Bonchev–Trinajstić information content (AvgIpc) is 3.09. The highest BCUT2D eigenvalue weighted by Gasteiger charge is 2.12. The van der Waals surface area contributed by atoms with Gasteiger partial charge in [0.15, 0.2) is 0 Å². The number of fused-ring (bicyclic) bond motifs is 1. The molecule has 5 nitrogen and oxygen atoms in total. The molecule has 0 aliphatic heterocycles. The van der Waals surface area contributed by atoms with Crippen molar-refractivity contribution in [1.82, 2.24) is 14.8 Å². The van der Waals surface area contributed by atoms with Crippen LogP contribution < -0.4 is 5.32 Å². The van der Waals surface area contributed by atoms with Crippen molar-refractivity contribution in [3.8, 4) is 0 Å². The first-order valence-electron chi connectivity index (χ1n) is 8.81. The molecule has 2 N–H and O–H groups in total. The molecule has 132 valence electrons. The Morgan fingerprint density at radius 1 is 1.32 bits per heavy atom. The normalized spacial score (nSPS) is 11.4. The minimum atomic E-state index is -0.0279. The highest BCUT2D eigenvalue weighted by Crippen LogP contribution is 2.20. The second kappa shape index (κ2) is 7.13. The summed E-state index contributed by atoms with van der Waals surface area (Å²) in [4.78, 5) is 15.7. The van der Waals surface area contributed by atoms with Gasteiger partial charge in [0, 0.05) is 30.2 Å². The molecule has 0 aliphatic carbocycles. The number of aryl methyl sites for hydroxylation is 3. The first kappa shape index (κ1) is 17.3. The number of H-pyrrole nitrogens is 1. The van der Waals surface area contributed by atoms with Crippen molar-refractivity contribution in [2.24, 2.45) is 13.0 Å². The first-order valence-corrected chi connectivity index (χ1v) is 8.81. The van der Waals surface area contributed by atoms with Crippen molar-refractivity contribution in [2.45, 2.75) is 40.0 Å². The molecular formula is C20H26N4O. The molecule has 3 aromatic rings. The van der Waals surface area contributed by atoms with E-state index in [1.54, 1.807) is 4.68 Å². The van der Waals surface area contributed by atoms with E-state index in [2.05, 4.69) is 54.4 Å². The summed E-state index contributed by atoms with van der Waals surface area (Å²) in [5.74, 6) is 1.37. The zero-order valence-electron chi connectivity index (χ0n) is 15.4. The van der Waals surface area contributed by atoms with E-state index in [0.717, 1.165) is 40.8 Å². The predicted molar refractivity (Wildman–Crippen MR) is 102 cm³/mol. The van der Waals surface area contributed by atoms with Crippen molar-refractivity contribution >= 4 is 22.6 Å². The quantitative estimate of drug-likeness (QED) is 0.714. The monoisotopic (exact) mass is 338 g/mol. The standard InChI is InChI=1S/C20H26N4O/c1-13(2)5-7-16-11-19(24(4)23-16)22-20(25)10-15-12-21-18-9-14(3)6-8-17(15)18/h6,8-9,11-13,21H,5,7,10H2,1-4H3,(H,22,25). The summed E-state index contributed by atoms with van der Waals surface area (Å²) in [6.07, 6.45) is 4.29. The van der Waals surface area contributed by atoms with Gasteiger partial charge in [0.1, 0.15) is 5.82 Å². The van der Waals surface area contributed by atoms with E-state index < -0.39 is 0 Å². The minimum absolute atomic E-state index is 0.0279. The van der Waals surface area contributed by atoms with Gasteiger partial charge in [-0.2, -0.15) is 5.10 Å². The zero-order valence-corrected chi connectivity index (χ0v) is 15.4. The first-order chi connectivity index (χ1) is 11.9. The topological polar surface area (TPSA) is 62.7 Å². The molecule has 0 bridgehead atoms. The van der Waals surface area contributed by atoms with Gasteiger partial charge >= 0.3 is 0 Å². The highest BCUT2D eigenvalue weighted by molar-refractivity contribution is 5.95. The molecule has 0 spiro atoms. The SMILES string of the molecule is Cc1ccc2c(CC(=O)Nc3cc(CCC(C)C)nn3C)c[nH]c2c1. The fraction of sp³-hybridized carbons (Fsp3) is 0.400. The van der Waals surface area contributed by atoms with Crippen LogP contribution >= 0.6 is 0 Å². The van der Waals surface area contributed by atoms with Crippen LogP contribution in [0.4, 0.5) is 5.82 Å². The zero-order chi connectivity index (χ0) is 18.0. The lowest BCUT2D eigenvalue weighted by atomic mass is 10.1. The van der Waals surface area contributed by atoms with Crippen LogP contribution in [0.3, 0.4) is 0 Å². The van der Waals surface area contributed by atoms with Gasteiger partial charge in [0.05, 0.1) is 12.1 Å². The number of hydrogen-bond donors (Lipinski definition) is 2. The second-order valence-corrected chi connectivity index (χ2v) is 7.16. The molecular weight excluding hydrogens is 312 g/mol. The Hall–Kier alpha value is -2.56. The fourth-order valence-corrected chi connectivity index (χ4v) is 3.01. The number of nitrogens with one attached hydrogen (secondary N) is 2. The maximum atomic E-state index is 12.5. The summed E-state index contributed by atoms with van der Waals surface area (Å²) in [7, 11) is 1.86. The van der Waals surface area contributed by atoms with E-state index in [4.69, 9.17) is 0 Å². The largest absolute Gasteiger partial charge is 0.361 e. The second-order valence-electron chi connectivity index (χ2n) is 7.16. The summed E-state index contributed by atoms with van der Waals surface area (Å²) < 4.78 is 1.74. The third-order valence-electron chi connectivity index (χ3n) is 4.45. The number of carbonyl (C=O) groups excluding carboxylic acids is 1. The Labute approximate surface area is 148 Å². The summed E-state index contributed by atoms with van der Waals surface area (Å²) in [5, 5.41) is 8.57. The number of aromatic nitrogens is 3. The molecule has 3 rings (SSSR count). The lowest BCUT2D eigenvalue weighted by molar-refractivity contribution is -0.115. The number of hydrogen-bond acceptors (Lipinski definition) is 2. The molecule has 25 heavy (non-hydrogen) atoms. The number of amides is 1. The Balaban J connectivity index is 1.68. The van der Waals surface area contributed by atoms with Gasteiger partial charge in [-0.15, -0.1) is 0 Å². The van der Waals surface area contributed by atoms with Gasteiger partial charge in [-0.3, -0.25) is 9.48 Å². The van der Waals surface area contributed by atoms with Gasteiger partial charge in [-0.1, -0.05) is 26.0 Å². The van der Waals surface area contributed by atoms with Crippen LogP contribution in [0.25, 0.3) is 10.9 Å². The van der Waals surface area contributed by atoms with E-state index in [1.807, 2.05) is 19.3 Å². The summed E-state index contributed by atoms with van der Waals surface area (Å²) in [6.45, 7) is 6.47. The summed E-state index contributed by atoms with van der Waals surface area (Å²) >= 11 is 0. The van der Waals surface area contributed by atoms with Crippen LogP contribution in [-0.2, 0) is 24.7 Å². The van der Waals surface area contributed by atoms with Gasteiger partial charge in [0.2, 0.25) is 5.91 Å². The molecule has 0 atom stereocenters. The maximum Gasteiger partial charge on any atom is 0.230 e. The van der Waals surface area contributed by atoms with Crippen molar-refractivity contribution in [2.75, 3.05) is 5.32 Å². The van der Waals surface area contributed by atoms with E-state index in [9.17, 15) is 4.79 Å². The molecule has 1 amide bonds. The van der Waals surface area contributed by atoms with Crippen LogP contribution in [0.2, 0.25) is 0 Å². The molecule has 0 fully saturated rings. The number of rotatable bonds is 6. The van der Waals surface area contributed by atoms with E-state index >= 15 is 0 Å². The van der Waals surface area contributed by atoms with Crippen LogP contribution in [0.15, 0.2) is 30.5 Å². The van der Waals surface area contributed by atoms with Crippen LogP contribution in [0.1, 0.15) is 37.1 Å². The summed E-state index contributed by atoms with van der Waals surface area (Å²) in [5.41, 5.74) is 4.30. The van der Waals surface area contributed by atoms with Gasteiger partial charge in [-0.05, 0) is 42.9 Å². The summed E-state index contributed by atoms with van der Waals surface area (Å²) in [6, 6.07) is 8.20. The number of benzene rings is 1. The molecule has 2 heterocycles. The van der Waals surface area contributed by atoms with E-state index in [1.165, 1.54) is 5.56 Å². The Kier molecular flexibility index (Phi) is 4.93. The molecule has 5 heteroatoms. The Bertz CT molecular complexity index is 888. The van der Waals surface area contributed by atoms with Gasteiger partial charge in [-0.25, -0.2) is 0 Å². The van der Waals surface area contributed by atoms with Crippen molar-refractivity contribution in [1.29, 1.82) is 0 Å². The fourth-order valence-electron chi connectivity index (χ4n) is 3.01. The Morgan fingerprint density at radius 3 is 2.88 bits per heavy atom. The van der Waals surface area contributed by atoms with Crippen LogP contribution in [0, 0.1) is 12.8 Å². The van der Waals surface area contributed by atoms with E-state index in [-0.39, 0.29) is 5.91 Å². The lowest BCUT2D eigenvalue weighted by Crippen LogP contribution is -2.16. The molecule has 1 aromatic carbocycles. The maximum absolute atomic E-state index is 12.5. The molecule has 0 radical (unpaired) electrons. The Morgan fingerprint density at radius 2 is 2.12 bits per heavy atom. The number of carbonyl (C=O) groups is 1. The van der Waals surface area contributed by atoms with Crippen LogP contribution in [0.5, 0.6) is 0 Å². The number of nitrogens with zero attached hydrogens (tertiary/aromatic N) is 2. The molecule has 0 saturated carbocycles. The molecule has 2 aromatic heterocycles. The third-order valence-corrected chi connectivity index (χ3v) is 4.45. The molecule has 0 aliphatic rings. The lowest BCUT2D eigenvalue weighted by Gasteiger charge is -2.04. The molecule has 0 saturated heterocycles. The van der Waals surface area contributed by atoms with E-state index in [0.29, 0.717) is 12.3 Å². The highest BCUT2D eigenvalue weighted by atomic mass is 16.1. The smallest absolute Gasteiger partial charge is 0.230 e. The van der Waals surface area contributed by atoms with Crippen molar-refractivity contribution < 1.29 is 4.79 Å². The third kappa shape index (κ3) is 4.10. The van der Waals surface area contributed by atoms with Crippen molar-refractivity contribution in [3.63, 3.8) is 0 Å². The number of anilines is 1. The van der Waals surface area contributed by atoms with Crippen molar-refractivity contribution in [3.05, 3.63) is 47.3 Å². The molecule has 0 unspecified atom stereocenters. The van der Waals surface area contributed by atoms with Gasteiger partial charge in [0.25, 0.3) is 0 Å².